The number of benzene rings is 1. The van der Waals surface area contributed by atoms with Crippen LogP contribution in [0.5, 0.6) is 0 Å². The Labute approximate surface area is 101 Å². The molecule has 0 aliphatic heterocycles. The lowest BCUT2D eigenvalue weighted by Crippen LogP contribution is -1.98. The predicted molar refractivity (Wildman–Crippen MR) is 63.3 cm³/mol. The van der Waals surface area contributed by atoms with Crippen molar-refractivity contribution < 1.29 is 8.78 Å². The van der Waals surface area contributed by atoms with Crippen molar-refractivity contribution >= 4 is 28.8 Å². The van der Waals surface area contributed by atoms with Crippen molar-refractivity contribution in [1.29, 1.82) is 0 Å². The van der Waals surface area contributed by atoms with Gasteiger partial charge in [-0.05, 0) is 18.2 Å². The molecule has 0 aliphatic rings. The second-order valence-corrected chi connectivity index (χ2v) is 3.75. The Morgan fingerprint density at radius 3 is 2.59 bits per heavy atom. The Hall–Kier alpha value is -1.88. The smallest absolute Gasteiger partial charge is 0.151 e. The molecule has 3 N–H and O–H groups in total. The number of hydrogen-bond acceptors (Lipinski definition) is 3. The van der Waals surface area contributed by atoms with Crippen molar-refractivity contribution in [3.05, 3.63) is 47.1 Å². The molecule has 6 heteroatoms. The molecule has 1 heterocycles. The number of anilines is 3. The minimum absolute atomic E-state index is 0.0228. The number of rotatable bonds is 2. The van der Waals surface area contributed by atoms with E-state index in [1.54, 1.807) is 12.1 Å². The first-order valence-corrected chi connectivity index (χ1v) is 5.07. The van der Waals surface area contributed by atoms with Crippen molar-refractivity contribution in [3.63, 3.8) is 0 Å². The number of halogens is 3. The van der Waals surface area contributed by atoms with E-state index in [-0.39, 0.29) is 10.7 Å². The monoisotopic (exact) mass is 255 g/mol. The fraction of sp³-hybridized carbons (Fsp3) is 0. The van der Waals surface area contributed by atoms with E-state index in [1.165, 1.54) is 6.20 Å². The van der Waals surface area contributed by atoms with E-state index in [9.17, 15) is 8.78 Å². The van der Waals surface area contributed by atoms with Crippen molar-refractivity contribution in [2.75, 3.05) is 11.1 Å². The average molecular weight is 256 g/mol. The quantitative estimate of drug-likeness (QED) is 0.865. The van der Waals surface area contributed by atoms with Crippen LogP contribution in [0, 0.1) is 11.6 Å². The lowest BCUT2D eigenvalue weighted by atomic mass is 10.3. The zero-order chi connectivity index (χ0) is 12.4. The third-order valence-corrected chi connectivity index (χ3v) is 2.34. The Morgan fingerprint density at radius 1 is 1.24 bits per heavy atom. The minimum Gasteiger partial charge on any atom is -0.397 e. The summed E-state index contributed by atoms with van der Waals surface area (Å²) >= 11 is 5.72. The van der Waals surface area contributed by atoms with Gasteiger partial charge in [-0.15, -0.1) is 0 Å². The van der Waals surface area contributed by atoms with Crippen molar-refractivity contribution in [2.45, 2.75) is 0 Å². The van der Waals surface area contributed by atoms with Crippen LogP contribution in [0.3, 0.4) is 0 Å². The second kappa shape index (κ2) is 4.55. The fourth-order valence-corrected chi connectivity index (χ4v) is 1.51. The molecule has 0 bridgehead atoms. The van der Waals surface area contributed by atoms with E-state index in [2.05, 4.69) is 10.3 Å². The van der Waals surface area contributed by atoms with Crippen molar-refractivity contribution in [3.8, 4) is 0 Å². The van der Waals surface area contributed by atoms with Crippen molar-refractivity contribution in [1.82, 2.24) is 4.98 Å². The van der Waals surface area contributed by atoms with Crippen LogP contribution >= 0.6 is 11.6 Å². The maximum absolute atomic E-state index is 13.4. The SMILES string of the molecule is Nc1ccc(Nc2c(F)cc(F)cc2Cl)nc1. The third-order valence-electron chi connectivity index (χ3n) is 2.05. The van der Waals surface area contributed by atoms with Gasteiger partial charge in [0.15, 0.2) is 5.82 Å². The molecule has 0 spiro atoms. The molecule has 0 amide bonds. The number of aromatic nitrogens is 1. The van der Waals surface area contributed by atoms with E-state index in [0.29, 0.717) is 11.5 Å². The summed E-state index contributed by atoms with van der Waals surface area (Å²) in [5.74, 6) is -1.15. The van der Waals surface area contributed by atoms with Gasteiger partial charge < -0.3 is 11.1 Å². The molecule has 2 aromatic rings. The van der Waals surface area contributed by atoms with Crippen LogP contribution in [0.15, 0.2) is 30.5 Å². The van der Waals surface area contributed by atoms with Gasteiger partial charge in [-0.1, -0.05) is 11.6 Å². The Kier molecular flexibility index (Phi) is 3.10. The Bertz CT molecular complexity index is 520. The van der Waals surface area contributed by atoms with E-state index in [0.717, 1.165) is 12.1 Å². The molecule has 0 saturated heterocycles. The molecule has 17 heavy (non-hydrogen) atoms. The van der Waals surface area contributed by atoms with Gasteiger partial charge in [0.25, 0.3) is 0 Å². The van der Waals surface area contributed by atoms with Crippen LogP contribution in [0.1, 0.15) is 0 Å². The summed E-state index contributed by atoms with van der Waals surface area (Å²) in [6.45, 7) is 0. The lowest BCUT2D eigenvalue weighted by molar-refractivity contribution is 0.586. The molecule has 1 aromatic heterocycles. The van der Waals surface area contributed by atoms with Gasteiger partial charge in [0.05, 0.1) is 22.6 Å². The van der Waals surface area contributed by atoms with Gasteiger partial charge in [-0.25, -0.2) is 13.8 Å². The topological polar surface area (TPSA) is 50.9 Å². The maximum Gasteiger partial charge on any atom is 0.151 e. The second-order valence-electron chi connectivity index (χ2n) is 3.35. The molecule has 0 saturated carbocycles. The van der Waals surface area contributed by atoms with Crippen molar-refractivity contribution in [2.24, 2.45) is 0 Å². The highest BCUT2D eigenvalue weighted by Gasteiger charge is 2.10. The first kappa shape index (κ1) is 11.6. The van der Waals surface area contributed by atoms with E-state index in [1.807, 2.05) is 0 Å². The van der Waals surface area contributed by atoms with E-state index >= 15 is 0 Å². The highest BCUT2D eigenvalue weighted by Crippen LogP contribution is 2.28. The first-order valence-electron chi connectivity index (χ1n) is 4.69. The number of pyridine rings is 1. The number of nitrogens with one attached hydrogen (secondary N) is 1. The molecular weight excluding hydrogens is 248 g/mol. The van der Waals surface area contributed by atoms with Gasteiger partial charge in [0.2, 0.25) is 0 Å². The number of nitrogens with zero attached hydrogens (tertiary/aromatic N) is 1. The van der Waals surface area contributed by atoms with Crippen LogP contribution in [-0.4, -0.2) is 4.98 Å². The molecule has 1 aromatic carbocycles. The van der Waals surface area contributed by atoms with Crippen LogP contribution in [0.2, 0.25) is 5.02 Å². The van der Waals surface area contributed by atoms with Gasteiger partial charge in [-0.2, -0.15) is 0 Å². The largest absolute Gasteiger partial charge is 0.397 e. The number of nitrogens with two attached hydrogens (primary N) is 1. The fourth-order valence-electron chi connectivity index (χ4n) is 1.27. The Balaban J connectivity index is 2.33. The van der Waals surface area contributed by atoms with Gasteiger partial charge in [0, 0.05) is 6.07 Å². The molecule has 0 fully saturated rings. The highest BCUT2D eigenvalue weighted by atomic mass is 35.5. The lowest BCUT2D eigenvalue weighted by Gasteiger charge is -2.08. The van der Waals surface area contributed by atoms with E-state index < -0.39 is 11.6 Å². The molecule has 2 rings (SSSR count). The summed E-state index contributed by atoms with van der Waals surface area (Å²) in [4.78, 5) is 3.92. The van der Waals surface area contributed by atoms with Gasteiger partial charge in [-0.3, -0.25) is 0 Å². The molecule has 0 radical (unpaired) electrons. The summed E-state index contributed by atoms with van der Waals surface area (Å²) in [6.07, 6.45) is 1.41. The number of hydrogen-bond donors (Lipinski definition) is 2. The summed E-state index contributed by atoms with van der Waals surface area (Å²) in [5, 5.41) is 2.60. The molecule has 0 aliphatic carbocycles. The van der Waals surface area contributed by atoms with Crippen LogP contribution in [0.4, 0.5) is 26.0 Å². The zero-order valence-electron chi connectivity index (χ0n) is 8.55. The van der Waals surface area contributed by atoms with Gasteiger partial charge in [0.1, 0.15) is 11.6 Å². The zero-order valence-corrected chi connectivity index (χ0v) is 9.30. The van der Waals surface area contributed by atoms with E-state index in [4.69, 9.17) is 17.3 Å². The molecule has 0 unspecified atom stereocenters. The summed E-state index contributed by atoms with van der Waals surface area (Å²) in [7, 11) is 0. The standard InChI is InChI=1S/C11H8ClF2N3/c12-8-3-6(13)4-9(14)11(8)17-10-2-1-7(15)5-16-10/h1-5H,15H2,(H,16,17). The third kappa shape index (κ3) is 2.62. The molecule has 3 nitrogen and oxygen atoms in total. The summed E-state index contributed by atoms with van der Waals surface area (Å²) < 4.78 is 26.3. The molecular formula is C11H8ClF2N3. The van der Waals surface area contributed by atoms with Crippen LogP contribution in [0.25, 0.3) is 0 Å². The first-order chi connectivity index (χ1) is 8.06. The average Bonchev–Trinajstić information content (AvgIpc) is 2.26. The minimum atomic E-state index is -0.784. The predicted octanol–water partition coefficient (Wildman–Crippen LogP) is 3.34. The van der Waals surface area contributed by atoms with Crippen LogP contribution < -0.4 is 11.1 Å². The normalized spacial score (nSPS) is 10.3. The number of nitrogen functional groups attached to an aromatic ring is 1. The maximum atomic E-state index is 13.4. The van der Waals surface area contributed by atoms with Crippen LogP contribution in [-0.2, 0) is 0 Å². The highest BCUT2D eigenvalue weighted by molar-refractivity contribution is 6.33. The Morgan fingerprint density at radius 2 is 2.00 bits per heavy atom. The summed E-state index contributed by atoms with van der Waals surface area (Å²) in [6, 6.07) is 4.93. The molecule has 0 atom stereocenters. The summed E-state index contributed by atoms with van der Waals surface area (Å²) in [5.41, 5.74) is 5.92. The van der Waals surface area contributed by atoms with Gasteiger partial charge >= 0.3 is 0 Å². The molecule has 88 valence electrons.